The highest BCUT2D eigenvalue weighted by molar-refractivity contribution is 6.01. The van der Waals surface area contributed by atoms with Crippen molar-refractivity contribution in [3.63, 3.8) is 0 Å². The maximum atomic E-state index is 14.4. The Hall–Kier alpha value is -7.38. The maximum absolute atomic E-state index is 14.4. The standard InChI is InChI=1S/C50H78N12O14/c1-28(2)13-10-8-6-4-3-5-7-9-11-14-31-43(69)58-35(25-41(53)67)46(72)57-33(23-29-16-18-30(64)19-17-29)44(70)59-36(26-42(54)68)47(73)61-37(27-63)48(74)60-34(24-40(52)66)45(71)56-32(20-21-39(51)65)50(76)62-22-12-15-38(62)49(75)55-31/h16-19,28,31-38,63-64H,3-15,20-27H2,1-2H3,(H2,51,65)(H2,52,66)(H2,53,67)(H2,54,68)(H,55,75)(H,56,71)(H,57,72)(H,58,69)(H,59,70)(H,60,74)(H,61,73)/t31-,32-,33-,34-,35-,36-,37-,38-/m0/s1. The summed E-state index contributed by atoms with van der Waals surface area (Å²) in [6.07, 6.45) is 5.97. The molecular weight excluding hydrogens is 993 g/mol. The number of aliphatic hydroxyl groups excluding tert-OH is 1. The third-order valence-corrected chi connectivity index (χ3v) is 13.0. The highest BCUT2D eigenvalue weighted by Crippen LogP contribution is 2.22. The fourth-order valence-electron chi connectivity index (χ4n) is 8.86. The molecule has 1 aromatic carbocycles. The molecule has 2 heterocycles. The van der Waals surface area contributed by atoms with Gasteiger partial charge in [-0.1, -0.05) is 90.2 Å². The van der Waals surface area contributed by atoms with Crippen LogP contribution in [0.1, 0.15) is 135 Å². The van der Waals surface area contributed by atoms with Crippen LogP contribution in [0.15, 0.2) is 24.3 Å². The fourth-order valence-corrected chi connectivity index (χ4v) is 8.86. The number of unbranched alkanes of at least 4 members (excludes halogenated alkanes) is 8. The van der Waals surface area contributed by atoms with Crippen molar-refractivity contribution in [2.75, 3.05) is 13.2 Å². The van der Waals surface area contributed by atoms with Gasteiger partial charge in [0.05, 0.1) is 25.9 Å². The van der Waals surface area contributed by atoms with Crippen molar-refractivity contribution in [1.82, 2.24) is 42.1 Å². The van der Waals surface area contributed by atoms with Gasteiger partial charge in [0.1, 0.15) is 54.1 Å². The van der Waals surface area contributed by atoms with Gasteiger partial charge in [-0.3, -0.25) is 57.5 Å². The van der Waals surface area contributed by atoms with E-state index >= 15 is 0 Å². The summed E-state index contributed by atoms with van der Waals surface area (Å²) in [5.41, 5.74) is 22.1. The van der Waals surface area contributed by atoms with Gasteiger partial charge >= 0.3 is 0 Å². The number of hydrogen-bond acceptors (Lipinski definition) is 14. The minimum absolute atomic E-state index is 0.0228. The van der Waals surface area contributed by atoms with Crippen LogP contribution in [0.3, 0.4) is 0 Å². The zero-order chi connectivity index (χ0) is 56.5. The highest BCUT2D eigenvalue weighted by atomic mass is 16.3. The van der Waals surface area contributed by atoms with E-state index in [9.17, 15) is 67.7 Å². The lowest BCUT2D eigenvalue weighted by atomic mass is 10.0. The van der Waals surface area contributed by atoms with E-state index in [2.05, 4.69) is 51.1 Å². The summed E-state index contributed by atoms with van der Waals surface area (Å²) in [5.74, 6) is -12.4. The number of nitrogens with zero attached hydrogens (tertiary/aromatic N) is 1. The Labute approximate surface area is 441 Å². The molecule has 0 spiro atoms. The first-order valence-electron chi connectivity index (χ1n) is 25.9. The fraction of sp³-hybridized carbons (Fsp3) is 0.640. The van der Waals surface area contributed by atoms with Crippen LogP contribution < -0.4 is 60.2 Å². The molecule has 0 bridgehead atoms. The van der Waals surface area contributed by atoms with Crippen LogP contribution in [0.2, 0.25) is 0 Å². The number of aromatic hydroxyl groups is 1. The molecule has 422 valence electrons. The van der Waals surface area contributed by atoms with Crippen LogP contribution >= 0.6 is 0 Å². The van der Waals surface area contributed by atoms with Crippen LogP contribution in [-0.4, -0.2) is 147 Å². The molecule has 26 nitrogen and oxygen atoms in total. The number of aliphatic hydroxyl groups is 1. The molecule has 0 aromatic heterocycles. The molecule has 1 aromatic rings. The van der Waals surface area contributed by atoms with Crippen molar-refractivity contribution in [2.24, 2.45) is 28.9 Å². The number of phenolic OH excluding ortho intramolecular Hbond substituents is 1. The molecule has 17 N–H and O–H groups in total. The largest absolute Gasteiger partial charge is 0.508 e. The first kappa shape index (κ1) is 62.9. The van der Waals surface area contributed by atoms with Crippen molar-refractivity contribution in [3.05, 3.63) is 29.8 Å². The van der Waals surface area contributed by atoms with Gasteiger partial charge in [0.2, 0.25) is 70.9 Å². The first-order valence-corrected chi connectivity index (χ1v) is 25.9. The second kappa shape index (κ2) is 32.1. The number of nitrogens with one attached hydrogen (secondary N) is 7. The van der Waals surface area contributed by atoms with Crippen molar-refractivity contribution >= 4 is 70.9 Å². The monoisotopic (exact) mass is 1070 g/mol. The Bertz CT molecular complexity index is 2210. The van der Waals surface area contributed by atoms with E-state index in [1.165, 1.54) is 37.1 Å². The lowest BCUT2D eigenvalue weighted by molar-refractivity contribution is -0.143. The maximum Gasteiger partial charge on any atom is 0.245 e. The molecule has 2 aliphatic rings. The number of carbonyl (C=O) groups is 12. The molecule has 26 heteroatoms. The highest BCUT2D eigenvalue weighted by Gasteiger charge is 2.41. The quantitative estimate of drug-likeness (QED) is 0.0465. The van der Waals surface area contributed by atoms with Gasteiger partial charge in [-0.25, -0.2) is 0 Å². The van der Waals surface area contributed by atoms with Crippen molar-refractivity contribution in [1.29, 1.82) is 0 Å². The molecule has 8 atom stereocenters. The number of phenols is 1. The van der Waals surface area contributed by atoms with Crippen LogP contribution in [0.5, 0.6) is 5.75 Å². The summed E-state index contributed by atoms with van der Waals surface area (Å²) in [4.78, 5) is 163. The Morgan fingerprint density at radius 3 is 1.41 bits per heavy atom. The van der Waals surface area contributed by atoms with Crippen LogP contribution in [0.25, 0.3) is 0 Å². The molecule has 12 amide bonds. The van der Waals surface area contributed by atoms with Crippen molar-refractivity contribution in [3.8, 4) is 5.75 Å². The van der Waals surface area contributed by atoms with Gasteiger partial charge in [-0.15, -0.1) is 0 Å². The summed E-state index contributed by atoms with van der Waals surface area (Å²) >= 11 is 0. The lowest BCUT2D eigenvalue weighted by Gasteiger charge is -2.31. The molecule has 0 saturated carbocycles. The molecule has 2 saturated heterocycles. The minimum atomic E-state index is -1.96. The average molecular weight is 1070 g/mol. The van der Waals surface area contributed by atoms with E-state index in [1.54, 1.807) is 0 Å². The van der Waals surface area contributed by atoms with Gasteiger partial charge in [-0.05, 0) is 49.3 Å². The number of benzene rings is 1. The number of amides is 12. The Morgan fingerprint density at radius 1 is 0.526 bits per heavy atom. The molecule has 0 radical (unpaired) electrons. The second-order valence-electron chi connectivity index (χ2n) is 19.8. The smallest absolute Gasteiger partial charge is 0.245 e. The van der Waals surface area contributed by atoms with Crippen molar-refractivity contribution in [2.45, 2.75) is 184 Å². The number of carbonyl (C=O) groups excluding carboxylic acids is 12. The zero-order valence-electron chi connectivity index (χ0n) is 43.4. The van der Waals surface area contributed by atoms with E-state index in [4.69, 9.17) is 22.9 Å². The van der Waals surface area contributed by atoms with E-state index in [1.807, 2.05) is 0 Å². The van der Waals surface area contributed by atoms with Crippen LogP contribution in [0.4, 0.5) is 0 Å². The Kier molecular flexibility index (Phi) is 26.6. The van der Waals surface area contributed by atoms with E-state index in [0.717, 1.165) is 43.4 Å². The first-order chi connectivity index (χ1) is 36.0. The Balaban J connectivity index is 2.11. The lowest BCUT2D eigenvalue weighted by Crippen LogP contribution is -2.62. The summed E-state index contributed by atoms with van der Waals surface area (Å²) in [5, 5.41) is 36.8. The Morgan fingerprint density at radius 2 is 0.934 bits per heavy atom. The van der Waals surface area contributed by atoms with Crippen LogP contribution in [0, 0.1) is 5.92 Å². The van der Waals surface area contributed by atoms with Gasteiger partial charge in [0.15, 0.2) is 0 Å². The third kappa shape index (κ3) is 22.2. The molecule has 0 unspecified atom stereocenters. The average Bonchev–Trinajstić information content (AvgIpc) is 3.85. The molecular formula is C50H78N12O14. The van der Waals surface area contributed by atoms with E-state index < -0.39 is 158 Å². The predicted octanol–water partition coefficient (Wildman–Crippen LogP) is -2.84. The van der Waals surface area contributed by atoms with E-state index in [-0.39, 0.29) is 38.0 Å². The summed E-state index contributed by atoms with van der Waals surface area (Å²) in [6.45, 7) is 3.18. The zero-order valence-corrected chi connectivity index (χ0v) is 43.4. The molecule has 76 heavy (non-hydrogen) atoms. The summed E-state index contributed by atoms with van der Waals surface area (Å²) in [6, 6.07) is -8.11. The molecule has 3 rings (SSSR count). The third-order valence-electron chi connectivity index (χ3n) is 13.0. The molecule has 2 fully saturated rings. The number of nitrogens with two attached hydrogens (primary N) is 4. The van der Waals surface area contributed by atoms with E-state index in [0.29, 0.717) is 24.3 Å². The van der Waals surface area contributed by atoms with Gasteiger partial charge in [0.25, 0.3) is 0 Å². The van der Waals surface area contributed by atoms with Gasteiger partial charge in [0, 0.05) is 19.4 Å². The SMILES string of the molecule is CC(C)CCCCCCCCCCC[C@@H]1NC(=O)[C@@H]2CCCN2C(=O)[C@H](CCC(N)=O)NC(=O)[C@H](CC(N)=O)NC(=O)[C@H](CO)NC(=O)[C@H](CC(N)=O)NC(=O)[C@H](Cc2ccc(O)cc2)NC(=O)[C@H](CC(N)=O)NC1=O. The minimum Gasteiger partial charge on any atom is -0.508 e. The second-order valence-corrected chi connectivity index (χ2v) is 19.8. The molecule has 2 aliphatic heterocycles. The topological polar surface area (TPSA) is 437 Å². The van der Waals surface area contributed by atoms with Crippen LogP contribution in [-0.2, 0) is 64.0 Å². The summed E-state index contributed by atoms with van der Waals surface area (Å²) in [7, 11) is 0. The number of rotatable bonds is 24. The van der Waals surface area contributed by atoms with Gasteiger partial charge in [-0.2, -0.15) is 0 Å². The number of hydrogen-bond donors (Lipinski definition) is 13. The predicted molar refractivity (Wildman–Crippen MR) is 273 cm³/mol. The normalized spacial score (nSPS) is 23.7. The summed E-state index contributed by atoms with van der Waals surface area (Å²) < 4.78 is 0. The van der Waals surface area contributed by atoms with Gasteiger partial charge < -0.3 is 75.3 Å². The number of fused-ring (bicyclic) bond motifs is 1. The molecule has 0 aliphatic carbocycles. The number of primary amides is 4. The van der Waals surface area contributed by atoms with Crippen molar-refractivity contribution < 1.29 is 67.7 Å².